The van der Waals surface area contributed by atoms with Crippen LogP contribution in [-0.2, 0) is 4.79 Å². The SMILES string of the molecule is O=C(O)C1CC2CCCCC2N1C(=O)c1ccc([N+](=O)[O-])cc1Cl. The van der Waals surface area contributed by atoms with Crippen molar-refractivity contribution in [3.8, 4) is 0 Å². The lowest BCUT2D eigenvalue weighted by Gasteiger charge is -2.33. The molecule has 1 aromatic rings. The fraction of sp³-hybridized carbons (Fsp3) is 0.500. The highest BCUT2D eigenvalue weighted by molar-refractivity contribution is 6.34. The van der Waals surface area contributed by atoms with Crippen LogP contribution >= 0.6 is 11.6 Å². The van der Waals surface area contributed by atoms with Gasteiger partial charge in [0.15, 0.2) is 0 Å². The molecule has 128 valence electrons. The van der Waals surface area contributed by atoms with E-state index in [1.807, 2.05) is 0 Å². The minimum absolute atomic E-state index is 0.0300. The summed E-state index contributed by atoms with van der Waals surface area (Å²) in [6.07, 6.45) is 4.17. The summed E-state index contributed by atoms with van der Waals surface area (Å²) in [5.41, 5.74) is -0.0944. The standard InChI is InChI=1S/C16H17ClN2O5/c17-12-8-10(19(23)24)5-6-11(12)15(20)18-13-4-2-1-3-9(13)7-14(18)16(21)22/h5-6,8-9,13-14H,1-4,7H2,(H,21,22). The molecule has 3 atom stereocenters. The largest absolute Gasteiger partial charge is 0.480 e. The number of carboxylic acids is 1. The predicted octanol–water partition coefficient (Wildman–Crippen LogP) is 3.11. The number of carboxylic acid groups (broad SMARTS) is 1. The maximum atomic E-state index is 12.9. The zero-order chi connectivity index (χ0) is 17.4. The van der Waals surface area contributed by atoms with E-state index >= 15 is 0 Å². The zero-order valence-corrected chi connectivity index (χ0v) is 13.6. The second kappa shape index (κ2) is 6.39. The van der Waals surface area contributed by atoms with Crippen molar-refractivity contribution in [1.29, 1.82) is 0 Å². The molecule has 1 saturated heterocycles. The lowest BCUT2D eigenvalue weighted by Crippen LogP contribution is -2.46. The summed E-state index contributed by atoms with van der Waals surface area (Å²) in [5.74, 6) is -1.28. The first-order valence-electron chi connectivity index (χ1n) is 7.89. The van der Waals surface area contributed by atoms with Gasteiger partial charge in [0.05, 0.1) is 15.5 Å². The summed E-state index contributed by atoms with van der Waals surface area (Å²) in [6, 6.07) is 2.68. The van der Waals surface area contributed by atoms with Crippen LogP contribution < -0.4 is 0 Å². The number of likely N-dealkylation sites (tertiary alicyclic amines) is 1. The molecule has 0 radical (unpaired) electrons. The van der Waals surface area contributed by atoms with Crippen LogP contribution in [-0.4, -0.2) is 38.9 Å². The molecular weight excluding hydrogens is 336 g/mol. The molecular formula is C16H17ClN2O5. The van der Waals surface area contributed by atoms with Gasteiger partial charge in [-0.3, -0.25) is 14.9 Å². The fourth-order valence-corrected chi connectivity index (χ4v) is 4.16. The molecule has 24 heavy (non-hydrogen) atoms. The normalized spacial score (nSPS) is 26.0. The molecule has 0 bridgehead atoms. The molecule has 3 unspecified atom stereocenters. The van der Waals surface area contributed by atoms with Gasteiger partial charge in [0.1, 0.15) is 6.04 Å². The minimum atomic E-state index is -1.02. The Morgan fingerprint density at radius 2 is 2.00 bits per heavy atom. The van der Waals surface area contributed by atoms with E-state index in [1.165, 1.54) is 17.0 Å². The van der Waals surface area contributed by atoms with E-state index in [9.17, 15) is 24.8 Å². The number of hydrogen-bond donors (Lipinski definition) is 1. The third-order valence-corrected chi connectivity index (χ3v) is 5.31. The van der Waals surface area contributed by atoms with Gasteiger partial charge in [0.25, 0.3) is 11.6 Å². The van der Waals surface area contributed by atoms with E-state index in [0.29, 0.717) is 6.42 Å². The fourth-order valence-electron chi connectivity index (χ4n) is 3.90. The number of aliphatic carboxylic acids is 1. The molecule has 1 aliphatic carbocycles. The Balaban J connectivity index is 1.94. The van der Waals surface area contributed by atoms with Gasteiger partial charge in [0.2, 0.25) is 0 Å². The van der Waals surface area contributed by atoms with Gasteiger partial charge in [-0.1, -0.05) is 24.4 Å². The maximum Gasteiger partial charge on any atom is 0.326 e. The average Bonchev–Trinajstić information content (AvgIpc) is 2.93. The highest BCUT2D eigenvalue weighted by atomic mass is 35.5. The van der Waals surface area contributed by atoms with Gasteiger partial charge in [-0.2, -0.15) is 0 Å². The van der Waals surface area contributed by atoms with Crippen LogP contribution in [0.5, 0.6) is 0 Å². The van der Waals surface area contributed by atoms with E-state index in [0.717, 1.165) is 31.7 Å². The Labute approximate surface area is 143 Å². The summed E-state index contributed by atoms with van der Waals surface area (Å²) < 4.78 is 0. The van der Waals surface area contributed by atoms with E-state index in [2.05, 4.69) is 0 Å². The van der Waals surface area contributed by atoms with Gasteiger partial charge >= 0.3 is 5.97 Å². The number of halogens is 1. The first-order valence-corrected chi connectivity index (χ1v) is 8.27. The van der Waals surface area contributed by atoms with Crippen LogP contribution in [0.1, 0.15) is 42.5 Å². The van der Waals surface area contributed by atoms with Crippen LogP contribution in [0.2, 0.25) is 5.02 Å². The van der Waals surface area contributed by atoms with Crippen LogP contribution in [0, 0.1) is 16.0 Å². The Kier molecular flexibility index (Phi) is 4.45. The average molecular weight is 353 g/mol. The monoisotopic (exact) mass is 352 g/mol. The topological polar surface area (TPSA) is 101 Å². The molecule has 1 heterocycles. The first kappa shape index (κ1) is 16.7. The Morgan fingerprint density at radius 3 is 2.62 bits per heavy atom. The highest BCUT2D eigenvalue weighted by Gasteiger charge is 2.48. The number of amides is 1. The zero-order valence-electron chi connectivity index (χ0n) is 12.9. The van der Waals surface area contributed by atoms with Crippen molar-refractivity contribution in [1.82, 2.24) is 4.90 Å². The molecule has 8 heteroatoms. The van der Waals surface area contributed by atoms with Crippen molar-refractivity contribution in [3.05, 3.63) is 38.9 Å². The molecule has 0 aromatic heterocycles. The number of non-ortho nitro benzene ring substituents is 1. The lowest BCUT2D eigenvalue weighted by molar-refractivity contribution is -0.384. The van der Waals surface area contributed by atoms with Crippen molar-refractivity contribution in [2.24, 2.45) is 5.92 Å². The number of nitro benzene ring substituents is 1. The molecule has 1 aromatic carbocycles. The van der Waals surface area contributed by atoms with Gasteiger partial charge in [-0.15, -0.1) is 0 Å². The highest BCUT2D eigenvalue weighted by Crippen LogP contribution is 2.41. The van der Waals surface area contributed by atoms with Crippen LogP contribution in [0.4, 0.5) is 5.69 Å². The van der Waals surface area contributed by atoms with Crippen molar-refractivity contribution in [3.63, 3.8) is 0 Å². The van der Waals surface area contributed by atoms with Gasteiger partial charge < -0.3 is 10.0 Å². The smallest absolute Gasteiger partial charge is 0.326 e. The molecule has 7 nitrogen and oxygen atoms in total. The van der Waals surface area contributed by atoms with Crippen LogP contribution in [0.3, 0.4) is 0 Å². The van der Waals surface area contributed by atoms with Crippen molar-refractivity contribution in [2.45, 2.75) is 44.2 Å². The van der Waals surface area contributed by atoms with Crippen molar-refractivity contribution in [2.75, 3.05) is 0 Å². The number of carbonyl (C=O) groups excluding carboxylic acids is 1. The number of hydrogen-bond acceptors (Lipinski definition) is 4. The minimum Gasteiger partial charge on any atom is -0.480 e. The summed E-state index contributed by atoms with van der Waals surface area (Å²) in [6.45, 7) is 0. The van der Waals surface area contributed by atoms with Gasteiger partial charge in [-0.05, 0) is 31.2 Å². The van der Waals surface area contributed by atoms with Crippen molar-refractivity contribution >= 4 is 29.2 Å². The maximum absolute atomic E-state index is 12.9. The van der Waals surface area contributed by atoms with E-state index in [4.69, 9.17) is 11.6 Å². The Morgan fingerprint density at radius 1 is 1.29 bits per heavy atom. The first-order chi connectivity index (χ1) is 11.4. The van der Waals surface area contributed by atoms with E-state index in [1.54, 1.807) is 0 Å². The predicted molar refractivity (Wildman–Crippen MR) is 86.1 cm³/mol. The summed E-state index contributed by atoms with van der Waals surface area (Å²) in [4.78, 5) is 36.2. The molecule has 1 amide bonds. The molecule has 3 rings (SSSR count). The summed E-state index contributed by atoms with van der Waals surface area (Å²) in [5, 5.41) is 20.3. The molecule has 0 spiro atoms. The Bertz CT molecular complexity index is 708. The third kappa shape index (κ3) is 2.84. The molecule has 2 fully saturated rings. The second-order valence-corrected chi connectivity index (χ2v) is 6.74. The van der Waals surface area contributed by atoms with Crippen LogP contribution in [0.25, 0.3) is 0 Å². The van der Waals surface area contributed by atoms with Gasteiger partial charge in [-0.25, -0.2) is 4.79 Å². The molecule has 2 aliphatic rings. The lowest BCUT2D eigenvalue weighted by atomic mass is 9.84. The number of fused-ring (bicyclic) bond motifs is 1. The third-order valence-electron chi connectivity index (χ3n) is 5.00. The number of benzene rings is 1. The van der Waals surface area contributed by atoms with E-state index < -0.39 is 22.8 Å². The van der Waals surface area contributed by atoms with E-state index in [-0.39, 0.29) is 28.2 Å². The molecule has 1 N–H and O–H groups in total. The quantitative estimate of drug-likeness (QED) is 0.665. The number of nitrogens with zero attached hydrogens (tertiary/aromatic N) is 2. The summed E-state index contributed by atoms with van der Waals surface area (Å²) in [7, 11) is 0. The second-order valence-electron chi connectivity index (χ2n) is 6.34. The van der Waals surface area contributed by atoms with Crippen molar-refractivity contribution < 1.29 is 19.6 Å². The van der Waals surface area contributed by atoms with Gasteiger partial charge in [0, 0.05) is 18.2 Å². The number of carbonyl (C=O) groups is 2. The Hall–Kier alpha value is -2.15. The molecule has 1 aliphatic heterocycles. The summed E-state index contributed by atoms with van der Waals surface area (Å²) >= 11 is 6.05. The number of nitro groups is 1. The number of rotatable bonds is 3. The van der Waals surface area contributed by atoms with Crippen LogP contribution in [0.15, 0.2) is 18.2 Å². The molecule has 1 saturated carbocycles.